The number of aromatic carboxylic acids is 1. The van der Waals surface area contributed by atoms with Crippen molar-refractivity contribution in [3.63, 3.8) is 0 Å². The second kappa shape index (κ2) is 8.12. The van der Waals surface area contributed by atoms with E-state index in [1.54, 1.807) is 12.1 Å². The minimum atomic E-state index is -2.94. The van der Waals surface area contributed by atoms with Gasteiger partial charge in [0.1, 0.15) is 11.6 Å². The summed E-state index contributed by atoms with van der Waals surface area (Å²) in [5.41, 5.74) is -0.348. The zero-order valence-electron chi connectivity index (χ0n) is 14.1. The Bertz CT molecular complexity index is 869. The molecule has 3 rings (SSSR count). The standard InChI is InChI=1S/C18H17F2NO5S/c19-15-10-17(16(20)9-14(15)18(22)23)21(27(24)25)13-3-1-11(2-4-13)12-5-7-26-8-6-12/h1-4,9-10,12H,5-8H2,(H,22,23)(H,24,25)/p-1. The number of anilines is 2. The Balaban J connectivity index is 1.95. The van der Waals surface area contributed by atoms with Gasteiger partial charge in [-0.3, -0.25) is 8.51 Å². The van der Waals surface area contributed by atoms with Crippen molar-refractivity contribution in [3.8, 4) is 0 Å². The fourth-order valence-corrected chi connectivity index (χ4v) is 3.67. The maximum Gasteiger partial charge on any atom is 0.338 e. The second-order valence-corrected chi connectivity index (χ2v) is 6.88. The minimum absolute atomic E-state index is 0.112. The van der Waals surface area contributed by atoms with Crippen LogP contribution in [0.3, 0.4) is 0 Å². The lowest BCUT2D eigenvalue weighted by Gasteiger charge is -2.28. The molecule has 0 spiro atoms. The molecule has 1 atom stereocenters. The van der Waals surface area contributed by atoms with Gasteiger partial charge in [-0.15, -0.1) is 0 Å². The summed E-state index contributed by atoms with van der Waals surface area (Å²) >= 11 is -2.94. The third kappa shape index (κ3) is 4.15. The zero-order valence-corrected chi connectivity index (χ0v) is 14.9. The van der Waals surface area contributed by atoms with Gasteiger partial charge in [-0.05, 0) is 42.5 Å². The van der Waals surface area contributed by atoms with Crippen molar-refractivity contribution >= 4 is 28.6 Å². The van der Waals surface area contributed by atoms with E-state index in [1.165, 1.54) is 12.1 Å². The van der Waals surface area contributed by atoms with Gasteiger partial charge in [0.25, 0.3) is 0 Å². The van der Waals surface area contributed by atoms with Crippen molar-refractivity contribution in [3.05, 3.63) is 59.2 Å². The molecule has 6 nitrogen and oxygen atoms in total. The summed E-state index contributed by atoms with van der Waals surface area (Å²) < 4.78 is 57.5. The number of carboxylic acid groups (broad SMARTS) is 1. The number of carboxylic acids is 1. The molecule has 2 aromatic carbocycles. The van der Waals surface area contributed by atoms with Gasteiger partial charge in [0.15, 0.2) is 0 Å². The van der Waals surface area contributed by atoms with E-state index in [9.17, 15) is 22.3 Å². The summed E-state index contributed by atoms with van der Waals surface area (Å²) in [7, 11) is 0. The zero-order chi connectivity index (χ0) is 19.6. The minimum Gasteiger partial charge on any atom is -0.755 e. The number of benzene rings is 2. The quantitative estimate of drug-likeness (QED) is 0.782. The summed E-state index contributed by atoms with van der Waals surface area (Å²) in [5.74, 6) is -3.74. The summed E-state index contributed by atoms with van der Waals surface area (Å²) in [4.78, 5) is 10.9. The van der Waals surface area contributed by atoms with Crippen LogP contribution in [0.15, 0.2) is 36.4 Å². The SMILES string of the molecule is O=C(O)c1cc(F)c(N(c2ccc(C3CCOCC3)cc2)S(=O)[O-])cc1F. The molecule has 2 aromatic rings. The van der Waals surface area contributed by atoms with Crippen LogP contribution in [0.4, 0.5) is 20.2 Å². The number of carbonyl (C=O) groups is 1. The predicted octanol–water partition coefficient (Wildman–Crippen LogP) is 3.49. The molecule has 0 saturated carbocycles. The molecular weight excluding hydrogens is 380 g/mol. The lowest BCUT2D eigenvalue weighted by molar-refractivity contribution is 0.0691. The molecule has 1 aliphatic rings. The Kier molecular flexibility index (Phi) is 5.83. The number of halogens is 2. The largest absolute Gasteiger partial charge is 0.755 e. The monoisotopic (exact) mass is 396 g/mol. The van der Waals surface area contributed by atoms with Gasteiger partial charge < -0.3 is 14.4 Å². The Labute approximate surface area is 156 Å². The first kappa shape index (κ1) is 19.4. The highest BCUT2D eigenvalue weighted by molar-refractivity contribution is 7.81. The molecule has 0 bridgehead atoms. The van der Waals surface area contributed by atoms with E-state index >= 15 is 0 Å². The lowest BCUT2D eigenvalue weighted by Crippen LogP contribution is -2.21. The highest BCUT2D eigenvalue weighted by atomic mass is 32.2. The molecule has 0 aliphatic carbocycles. The van der Waals surface area contributed by atoms with Crippen molar-refractivity contribution in [1.29, 1.82) is 0 Å². The van der Waals surface area contributed by atoms with E-state index in [2.05, 4.69) is 0 Å². The van der Waals surface area contributed by atoms with Crippen molar-refractivity contribution < 1.29 is 32.2 Å². The van der Waals surface area contributed by atoms with Crippen LogP contribution >= 0.6 is 0 Å². The Morgan fingerprint density at radius 2 is 1.78 bits per heavy atom. The van der Waals surface area contributed by atoms with Crippen LogP contribution in [0, 0.1) is 11.6 Å². The van der Waals surface area contributed by atoms with Gasteiger partial charge in [-0.25, -0.2) is 13.6 Å². The Morgan fingerprint density at radius 3 is 2.33 bits per heavy atom. The summed E-state index contributed by atoms with van der Waals surface area (Å²) in [6.45, 7) is 1.31. The van der Waals surface area contributed by atoms with Gasteiger partial charge in [0, 0.05) is 19.3 Å². The molecule has 0 radical (unpaired) electrons. The van der Waals surface area contributed by atoms with Crippen molar-refractivity contribution in [2.24, 2.45) is 0 Å². The summed E-state index contributed by atoms with van der Waals surface area (Å²) in [6, 6.07) is 7.51. The molecule has 1 fully saturated rings. The van der Waals surface area contributed by atoms with Crippen LogP contribution in [-0.2, 0) is 16.0 Å². The molecule has 1 N–H and O–H groups in total. The van der Waals surface area contributed by atoms with E-state index < -0.39 is 40.1 Å². The van der Waals surface area contributed by atoms with Crippen LogP contribution in [0.2, 0.25) is 0 Å². The molecule has 0 amide bonds. The first-order chi connectivity index (χ1) is 12.9. The first-order valence-corrected chi connectivity index (χ1v) is 9.21. The summed E-state index contributed by atoms with van der Waals surface area (Å²) in [5, 5.41) is 8.85. The third-order valence-electron chi connectivity index (χ3n) is 4.46. The smallest absolute Gasteiger partial charge is 0.338 e. The van der Waals surface area contributed by atoms with Crippen LogP contribution < -0.4 is 4.31 Å². The van der Waals surface area contributed by atoms with Crippen LogP contribution in [0.1, 0.15) is 34.7 Å². The van der Waals surface area contributed by atoms with Gasteiger partial charge in [0.2, 0.25) is 0 Å². The third-order valence-corrected chi connectivity index (χ3v) is 5.16. The highest BCUT2D eigenvalue weighted by Gasteiger charge is 2.22. The van der Waals surface area contributed by atoms with Crippen LogP contribution in [0.25, 0.3) is 0 Å². The van der Waals surface area contributed by atoms with Crippen LogP contribution in [0.5, 0.6) is 0 Å². The fraction of sp³-hybridized carbons (Fsp3) is 0.278. The molecule has 0 aromatic heterocycles. The normalized spacial score (nSPS) is 16.1. The van der Waals surface area contributed by atoms with Gasteiger partial charge in [-0.2, -0.15) is 0 Å². The van der Waals surface area contributed by atoms with E-state index in [0.717, 1.165) is 18.4 Å². The molecule has 1 unspecified atom stereocenters. The number of rotatable bonds is 5. The molecular formula is C18H16F2NO5S-. The lowest BCUT2D eigenvalue weighted by atomic mass is 9.92. The predicted molar refractivity (Wildman–Crippen MR) is 93.6 cm³/mol. The van der Waals surface area contributed by atoms with Gasteiger partial charge >= 0.3 is 5.97 Å². The number of hydrogen-bond donors (Lipinski definition) is 1. The molecule has 9 heteroatoms. The summed E-state index contributed by atoms with van der Waals surface area (Å²) in [6.07, 6.45) is 1.71. The molecule has 27 heavy (non-hydrogen) atoms. The Morgan fingerprint density at radius 1 is 1.15 bits per heavy atom. The highest BCUT2D eigenvalue weighted by Crippen LogP contribution is 2.33. The fourth-order valence-electron chi connectivity index (χ4n) is 3.07. The van der Waals surface area contributed by atoms with Crippen molar-refractivity contribution in [2.45, 2.75) is 18.8 Å². The van der Waals surface area contributed by atoms with Crippen molar-refractivity contribution in [2.75, 3.05) is 17.5 Å². The molecule has 1 heterocycles. The van der Waals surface area contributed by atoms with E-state index in [1.807, 2.05) is 0 Å². The van der Waals surface area contributed by atoms with Gasteiger partial charge in [-0.1, -0.05) is 12.1 Å². The number of ether oxygens (including phenoxy) is 1. The maximum absolute atomic E-state index is 14.3. The van der Waals surface area contributed by atoms with E-state index in [4.69, 9.17) is 9.84 Å². The van der Waals surface area contributed by atoms with Crippen LogP contribution in [-0.4, -0.2) is 33.1 Å². The topological polar surface area (TPSA) is 89.9 Å². The average molecular weight is 396 g/mol. The first-order valence-electron chi connectivity index (χ1n) is 8.18. The Hall–Kier alpha value is -2.36. The van der Waals surface area contributed by atoms with E-state index in [0.29, 0.717) is 35.6 Å². The molecule has 1 saturated heterocycles. The van der Waals surface area contributed by atoms with Gasteiger partial charge in [0.05, 0.1) is 28.2 Å². The number of nitrogens with zero attached hydrogens (tertiary/aromatic N) is 1. The van der Waals surface area contributed by atoms with Crippen molar-refractivity contribution in [1.82, 2.24) is 0 Å². The number of hydrogen-bond acceptors (Lipinski definition) is 4. The van der Waals surface area contributed by atoms with E-state index in [-0.39, 0.29) is 5.69 Å². The average Bonchev–Trinajstić information content (AvgIpc) is 2.65. The molecule has 1 aliphatic heterocycles. The molecule has 144 valence electrons. The second-order valence-electron chi connectivity index (χ2n) is 6.08. The maximum atomic E-state index is 14.3.